The number of carboxylic acid groups (broad SMARTS) is 1. The highest BCUT2D eigenvalue weighted by atomic mass is 32.1. The number of hydrogen-bond donors (Lipinski definition) is 3. The number of thiazole rings is 1. The van der Waals surface area contributed by atoms with Crippen molar-refractivity contribution in [2.24, 2.45) is 5.92 Å². The van der Waals surface area contributed by atoms with Crippen LogP contribution in [0.1, 0.15) is 62.9 Å². The average Bonchev–Trinajstić information content (AvgIpc) is 3.55. The third-order valence-electron chi connectivity index (χ3n) is 5.54. The second kappa shape index (κ2) is 9.95. The molecule has 172 valence electrons. The molecule has 0 spiro atoms. The van der Waals surface area contributed by atoms with E-state index in [0.29, 0.717) is 35.1 Å². The van der Waals surface area contributed by atoms with Crippen LogP contribution in [-0.4, -0.2) is 32.9 Å². The highest BCUT2D eigenvalue weighted by Gasteiger charge is 2.26. The van der Waals surface area contributed by atoms with E-state index in [1.165, 1.54) is 11.3 Å². The number of nitrogens with zero attached hydrogens (tertiary/aromatic N) is 2. The van der Waals surface area contributed by atoms with E-state index in [-0.39, 0.29) is 17.4 Å². The molecule has 2 heterocycles. The van der Waals surface area contributed by atoms with Gasteiger partial charge in [0.25, 0.3) is 0 Å². The molecule has 1 aromatic carbocycles. The minimum absolute atomic E-state index is 0.0205. The predicted molar refractivity (Wildman–Crippen MR) is 123 cm³/mol. The number of urea groups is 1. The lowest BCUT2D eigenvalue weighted by molar-refractivity contribution is 0.0690. The molecule has 9 nitrogen and oxygen atoms in total. The van der Waals surface area contributed by atoms with Crippen LogP contribution < -0.4 is 10.6 Å². The zero-order chi connectivity index (χ0) is 23.4. The van der Waals surface area contributed by atoms with Gasteiger partial charge in [0.1, 0.15) is 6.26 Å². The number of oxazole rings is 1. The van der Waals surface area contributed by atoms with Gasteiger partial charge >= 0.3 is 12.0 Å². The number of carbonyl (C=O) groups is 3. The standard InChI is InChI=1S/C23H24N4O5S/c1-13-6-8-17(16(10-13)20(28)14-4-2-3-5-14)26-22(31)27-23-24-11-15(33-23)7-9-19-25-18(12-32-19)21(29)30/h6,8,10-12,14H,2-5,7,9H2,1H3,(H,29,30)(H2,24,26,27,31). The van der Waals surface area contributed by atoms with Crippen LogP contribution in [-0.2, 0) is 12.8 Å². The quantitative estimate of drug-likeness (QED) is 0.399. The molecular weight excluding hydrogens is 444 g/mol. The molecule has 0 atom stereocenters. The maximum atomic E-state index is 13.0. The summed E-state index contributed by atoms with van der Waals surface area (Å²) in [5.74, 6) is -0.707. The second-order valence-corrected chi connectivity index (χ2v) is 9.15. The van der Waals surface area contributed by atoms with Crippen molar-refractivity contribution in [2.75, 3.05) is 10.6 Å². The number of aromatic nitrogens is 2. The third kappa shape index (κ3) is 5.64. The minimum Gasteiger partial charge on any atom is -0.476 e. The lowest BCUT2D eigenvalue weighted by atomic mass is 9.94. The molecule has 0 bridgehead atoms. The Hall–Kier alpha value is -3.53. The van der Waals surface area contributed by atoms with E-state index in [0.717, 1.165) is 42.4 Å². The summed E-state index contributed by atoms with van der Waals surface area (Å²) in [4.78, 5) is 45.4. The summed E-state index contributed by atoms with van der Waals surface area (Å²) in [5, 5.41) is 14.8. The Labute approximate surface area is 194 Å². The lowest BCUT2D eigenvalue weighted by Crippen LogP contribution is -2.22. The summed E-state index contributed by atoms with van der Waals surface area (Å²) in [7, 11) is 0. The van der Waals surface area contributed by atoms with Gasteiger partial charge in [0.15, 0.2) is 22.5 Å². The number of benzene rings is 1. The summed E-state index contributed by atoms with van der Waals surface area (Å²) < 4.78 is 5.15. The number of carbonyl (C=O) groups excluding carboxylic acids is 2. The molecule has 1 fully saturated rings. The summed E-state index contributed by atoms with van der Waals surface area (Å²) in [5.41, 5.74) is 1.87. The number of anilines is 2. The number of aromatic carboxylic acids is 1. The molecule has 2 aromatic heterocycles. The van der Waals surface area contributed by atoms with E-state index in [1.807, 2.05) is 19.1 Å². The van der Waals surface area contributed by atoms with Gasteiger partial charge in [-0.25, -0.2) is 19.6 Å². The molecule has 0 unspecified atom stereocenters. The van der Waals surface area contributed by atoms with Gasteiger partial charge in [-0.05, 0) is 38.3 Å². The summed E-state index contributed by atoms with van der Waals surface area (Å²) in [6, 6.07) is 4.97. The molecule has 3 aromatic rings. The maximum Gasteiger partial charge on any atom is 0.357 e. The number of nitrogens with one attached hydrogen (secondary N) is 2. The van der Waals surface area contributed by atoms with E-state index in [1.54, 1.807) is 12.3 Å². The molecule has 1 aliphatic rings. The number of hydrogen-bond acceptors (Lipinski definition) is 7. The highest BCUT2D eigenvalue weighted by molar-refractivity contribution is 7.15. The van der Waals surface area contributed by atoms with Crippen LogP contribution >= 0.6 is 11.3 Å². The molecule has 0 saturated heterocycles. The molecule has 10 heteroatoms. The molecule has 1 saturated carbocycles. The molecule has 2 amide bonds. The van der Waals surface area contributed by atoms with E-state index >= 15 is 0 Å². The van der Waals surface area contributed by atoms with Gasteiger partial charge in [-0.1, -0.05) is 24.5 Å². The molecule has 3 N–H and O–H groups in total. The van der Waals surface area contributed by atoms with Gasteiger partial charge in [0.05, 0.1) is 5.69 Å². The van der Waals surface area contributed by atoms with E-state index < -0.39 is 12.0 Å². The average molecular weight is 469 g/mol. The van der Waals surface area contributed by atoms with Gasteiger partial charge in [0, 0.05) is 29.0 Å². The van der Waals surface area contributed by atoms with Crippen LogP contribution in [0.15, 0.2) is 35.1 Å². The van der Waals surface area contributed by atoms with E-state index in [4.69, 9.17) is 9.52 Å². The van der Waals surface area contributed by atoms with Crippen molar-refractivity contribution in [1.29, 1.82) is 0 Å². The zero-order valence-corrected chi connectivity index (χ0v) is 18.9. The van der Waals surface area contributed by atoms with Gasteiger partial charge in [-0.3, -0.25) is 10.1 Å². The highest BCUT2D eigenvalue weighted by Crippen LogP contribution is 2.31. The summed E-state index contributed by atoms with van der Waals surface area (Å²) in [6.07, 6.45) is 7.62. The van der Waals surface area contributed by atoms with Crippen molar-refractivity contribution < 1.29 is 23.9 Å². The Bertz CT molecular complexity index is 1180. The van der Waals surface area contributed by atoms with E-state index in [9.17, 15) is 14.4 Å². The fraction of sp³-hybridized carbons (Fsp3) is 0.348. The van der Waals surface area contributed by atoms with Crippen LogP contribution in [0.25, 0.3) is 0 Å². The summed E-state index contributed by atoms with van der Waals surface area (Å²) >= 11 is 1.30. The molecule has 0 radical (unpaired) electrons. The number of amides is 2. The second-order valence-electron chi connectivity index (χ2n) is 8.04. The maximum absolute atomic E-state index is 13.0. The topological polar surface area (TPSA) is 134 Å². The Morgan fingerprint density at radius 1 is 1.18 bits per heavy atom. The number of rotatable bonds is 8. The van der Waals surface area contributed by atoms with Crippen LogP contribution in [0.2, 0.25) is 0 Å². The zero-order valence-electron chi connectivity index (χ0n) is 18.1. The van der Waals surface area contributed by atoms with Crippen molar-refractivity contribution in [2.45, 2.75) is 45.4 Å². The van der Waals surface area contributed by atoms with Crippen molar-refractivity contribution in [3.63, 3.8) is 0 Å². The Morgan fingerprint density at radius 2 is 1.97 bits per heavy atom. The lowest BCUT2D eigenvalue weighted by Gasteiger charge is -2.14. The Morgan fingerprint density at radius 3 is 2.70 bits per heavy atom. The van der Waals surface area contributed by atoms with Crippen molar-refractivity contribution in [3.05, 3.63) is 58.2 Å². The van der Waals surface area contributed by atoms with Crippen LogP contribution in [0.3, 0.4) is 0 Å². The van der Waals surface area contributed by atoms with Crippen molar-refractivity contribution >= 4 is 39.9 Å². The molecule has 4 rings (SSSR count). The Kier molecular flexibility index (Phi) is 6.83. The first-order valence-corrected chi connectivity index (χ1v) is 11.6. The Balaban J connectivity index is 1.36. The molecular formula is C23H24N4O5S. The summed E-state index contributed by atoms with van der Waals surface area (Å²) in [6.45, 7) is 1.92. The van der Waals surface area contributed by atoms with Gasteiger partial charge in [0.2, 0.25) is 0 Å². The minimum atomic E-state index is -1.14. The number of aryl methyl sites for hydroxylation is 3. The third-order valence-corrected chi connectivity index (χ3v) is 6.52. The first-order valence-electron chi connectivity index (χ1n) is 10.7. The molecule has 0 aliphatic heterocycles. The van der Waals surface area contributed by atoms with Crippen LogP contribution in [0.5, 0.6) is 0 Å². The van der Waals surface area contributed by atoms with Gasteiger partial charge in [-0.2, -0.15) is 0 Å². The van der Waals surface area contributed by atoms with Crippen molar-refractivity contribution in [1.82, 2.24) is 9.97 Å². The van der Waals surface area contributed by atoms with Crippen LogP contribution in [0, 0.1) is 12.8 Å². The van der Waals surface area contributed by atoms with Gasteiger partial charge < -0.3 is 14.8 Å². The van der Waals surface area contributed by atoms with Crippen molar-refractivity contribution in [3.8, 4) is 0 Å². The first kappa shape index (κ1) is 22.7. The largest absolute Gasteiger partial charge is 0.476 e. The molecule has 33 heavy (non-hydrogen) atoms. The number of ketones is 1. The fourth-order valence-corrected chi connectivity index (χ4v) is 4.67. The smallest absolute Gasteiger partial charge is 0.357 e. The molecule has 1 aliphatic carbocycles. The monoisotopic (exact) mass is 468 g/mol. The number of carboxylic acids is 1. The fourth-order valence-electron chi connectivity index (χ4n) is 3.86. The van der Waals surface area contributed by atoms with Gasteiger partial charge in [-0.15, -0.1) is 11.3 Å². The normalized spacial score (nSPS) is 13.7. The van der Waals surface area contributed by atoms with Crippen LogP contribution in [0.4, 0.5) is 15.6 Å². The first-order chi connectivity index (χ1) is 15.9. The van der Waals surface area contributed by atoms with E-state index in [2.05, 4.69) is 20.6 Å². The predicted octanol–water partition coefficient (Wildman–Crippen LogP) is 4.94. The SMILES string of the molecule is Cc1ccc(NC(=O)Nc2ncc(CCc3nc(C(=O)O)co3)s2)c(C(=O)C2CCCC2)c1. The number of Topliss-reactive ketones (excluding diaryl/α,β-unsaturated/α-hetero) is 1.